The van der Waals surface area contributed by atoms with Crippen LogP contribution in [0.3, 0.4) is 0 Å². The summed E-state index contributed by atoms with van der Waals surface area (Å²) in [5, 5.41) is 2.91. The first-order valence-electron chi connectivity index (χ1n) is 8.30. The van der Waals surface area contributed by atoms with Crippen molar-refractivity contribution in [3.63, 3.8) is 0 Å². The Morgan fingerprint density at radius 3 is 2.70 bits per heavy atom. The first-order chi connectivity index (χ1) is 11.0. The molecule has 5 heteroatoms. The van der Waals surface area contributed by atoms with Crippen molar-refractivity contribution in [1.82, 2.24) is 5.32 Å². The van der Waals surface area contributed by atoms with Crippen molar-refractivity contribution in [2.45, 2.75) is 52.4 Å². The van der Waals surface area contributed by atoms with Gasteiger partial charge in [-0.1, -0.05) is 25.8 Å². The Balaban J connectivity index is 0.00000529. The van der Waals surface area contributed by atoms with E-state index in [0.717, 1.165) is 31.3 Å². The lowest BCUT2D eigenvalue weighted by Crippen LogP contribution is -2.27. The third-order valence-corrected chi connectivity index (χ3v) is 4.17. The lowest BCUT2D eigenvalue weighted by molar-refractivity contribution is -0.136. The number of amides is 1. The first kappa shape index (κ1) is 19.4. The van der Waals surface area contributed by atoms with E-state index in [1.165, 1.54) is 7.11 Å². The van der Waals surface area contributed by atoms with Crippen molar-refractivity contribution in [2.75, 3.05) is 20.8 Å². The fourth-order valence-corrected chi connectivity index (χ4v) is 2.76. The zero-order valence-electron chi connectivity index (χ0n) is 14.7. The first-order valence-corrected chi connectivity index (χ1v) is 8.30. The van der Waals surface area contributed by atoms with E-state index in [1.54, 1.807) is 7.11 Å². The van der Waals surface area contributed by atoms with Gasteiger partial charge in [0, 0.05) is 28.0 Å². The molecule has 132 valence electrons. The molecule has 0 radical (unpaired) electrons. The van der Waals surface area contributed by atoms with E-state index >= 15 is 0 Å². The summed E-state index contributed by atoms with van der Waals surface area (Å²) in [6.07, 6.45) is 7.01. The largest absolute Gasteiger partial charge is 0.466 e. The number of hydrogen-bond donors (Lipinski definition) is 1. The zero-order chi connectivity index (χ0) is 17.2. The van der Waals surface area contributed by atoms with Crippen LogP contribution in [0.15, 0.2) is 22.9 Å². The lowest BCUT2D eigenvalue weighted by atomic mass is 9.95. The van der Waals surface area contributed by atoms with Crippen LogP contribution in [0.1, 0.15) is 53.8 Å². The van der Waals surface area contributed by atoms with Crippen molar-refractivity contribution in [3.05, 3.63) is 22.9 Å². The molecule has 0 spiro atoms. The minimum Gasteiger partial charge on any atom is -0.466 e. The molecule has 1 N–H and O–H groups in total. The van der Waals surface area contributed by atoms with Gasteiger partial charge in [-0.3, -0.25) is 4.79 Å². The Morgan fingerprint density at radius 1 is 1.35 bits per heavy atom. The van der Waals surface area contributed by atoms with Gasteiger partial charge in [-0.15, -0.1) is 0 Å². The molecule has 0 saturated heterocycles. The molecule has 1 amide bonds. The van der Waals surface area contributed by atoms with E-state index in [0.29, 0.717) is 36.6 Å². The van der Waals surface area contributed by atoms with E-state index in [9.17, 15) is 9.59 Å². The third kappa shape index (κ3) is 6.18. The summed E-state index contributed by atoms with van der Waals surface area (Å²) in [5.74, 6) is -0.119. The van der Waals surface area contributed by atoms with Crippen LogP contribution in [0.2, 0.25) is 0 Å². The molecule has 5 nitrogen and oxygen atoms in total. The number of esters is 1. The second-order valence-corrected chi connectivity index (χ2v) is 5.98. The minimum absolute atomic E-state index is 0. The van der Waals surface area contributed by atoms with Gasteiger partial charge >= 0.3 is 5.97 Å². The van der Waals surface area contributed by atoms with Gasteiger partial charge in [-0.2, -0.15) is 0 Å². The van der Waals surface area contributed by atoms with Gasteiger partial charge in [-0.25, -0.2) is 4.79 Å². The van der Waals surface area contributed by atoms with Crippen LogP contribution < -0.4 is 5.32 Å². The highest BCUT2D eigenvalue weighted by molar-refractivity contribution is 5.93. The van der Waals surface area contributed by atoms with Crippen molar-refractivity contribution >= 4 is 11.9 Å². The standard InChI is InChI=1S/C18H29NO4.H2/c1-5-6-7-14(10-11-22-3)12-16(20)19-17-13(2)8-9-15(17)18(21)23-4;/h8,14H,5-7,9-12H2,1-4H3,(H,19,20);1H. The third-order valence-electron chi connectivity index (χ3n) is 4.17. The maximum Gasteiger partial charge on any atom is 0.336 e. The van der Waals surface area contributed by atoms with E-state index in [-0.39, 0.29) is 13.3 Å². The van der Waals surface area contributed by atoms with Gasteiger partial charge < -0.3 is 14.8 Å². The second-order valence-electron chi connectivity index (χ2n) is 5.98. The number of nitrogens with one attached hydrogen (secondary N) is 1. The average Bonchev–Trinajstić information content (AvgIpc) is 2.90. The highest BCUT2D eigenvalue weighted by Crippen LogP contribution is 2.25. The molecule has 1 unspecified atom stereocenters. The Labute approximate surface area is 140 Å². The molecular formula is C18H31NO4. The van der Waals surface area contributed by atoms with E-state index in [4.69, 9.17) is 9.47 Å². The SMILES string of the molecule is CCCCC(CCOC)CC(=O)NC1=C(C(=O)OC)CC=C1C.[HH]. The number of hydrogen-bond acceptors (Lipinski definition) is 4. The predicted octanol–water partition coefficient (Wildman–Crippen LogP) is 3.36. The smallest absolute Gasteiger partial charge is 0.336 e. The Kier molecular flexibility index (Phi) is 8.62. The molecule has 0 heterocycles. The number of ether oxygens (including phenoxy) is 2. The number of allylic oxidation sites excluding steroid dienone is 2. The normalized spacial score (nSPS) is 15.4. The molecule has 0 fully saturated rings. The summed E-state index contributed by atoms with van der Waals surface area (Å²) in [6, 6.07) is 0. The number of methoxy groups -OCH3 is 2. The quantitative estimate of drug-likeness (QED) is 0.626. The molecule has 1 rings (SSSR count). The van der Waals surface area contributed by atoms with Crippen LogP contribution in [-0.4, -0.2) is 32.7 Å². The van der Waals surface area contributed by atoms with Crippen LogP contribution in [0, 0.1) is 5.92 Å². The van der Waals surface area contributed by atoms with Crippen LogP contribution in [-0.2, 0) is 19.1 Å². The molecule has 0 aromatic heterocycles. The summed E-state index contributed by atoms with van der Waals surface area (Å²) in [4.78, 5) is 24.1. The number of rotatable bonds is 10. The fourth-order valence-electron chi connectivity index (χ4n) is 2.76. The van der Waals surface area contributed by atoms with Crippen molar-refractivity contribution in [1.29, 1.82) is 0 Å². The molecule has 0 bridgehead atoms. The monoisotopic (exact) mass is 325 g/mol. The number of carbonyl (C=O) groups is 2. The summed E-state index contributed by atoms with van der Waals surface area (Å²) >= 11 is 0. The van der Waals surface area contributed by atoms with E-state index in [1.807, 2.05) is 13.0 Å². The molecular weight excluding hydrogens is 294 g/mol. The van der Waals surface area contributed by atoms with Crippen LogP contribution in [0.5, 0.6) is 0 Å². The number of carbonyl (C=O) groups excluding carboxylic acids is 2. The second kappa shape index (κ2) is 10.2. The molecule has 0 aliphatic heterocycles. The Hall–Kier alpha value is -1.62. The number of unbranched alkanes of at least 4 members (excludes halogenated alkanes) is 1. The van der Waals surface area contributed by atoms with Crippen molar-refractivity contribution in [3.8, 4) is 0 Å². The zero-order valence-corrected chi connectivity index (χ0v) is 14.7. The predicted molar refractivity (Wildman–Crippen MR) is 91.8 cm³/mol. The van der Waals surface area contributed by atoms with Gasteiger partial charge in [0.05, 0.1) is 18.4 Å². The van der Waals surface area contributed by atoms with Crippen molar-refractivity contribution < 1.29 is 20.5 Å². The summed E-state index contributed by atoms with van der Waals surface area (Å²) < 4.78 is 9.92. The molecule has 23 heavy (non-hydrogen) atoms. The highest BCUT2D eigenvalue weighted by Gasteiger charge is 2.23. The summed E-state index contributed by atoms with van der Waals surface area (Å²) in [5.41, 5.74) is 2.06. The fraction of sp³-hybridized carbons (Fsp3) is 0.667. The van der Waals surface area contributed by atoms with E-state index in [2.05, 4.69) is 12.2 Å². The summed E-state index contributed by atoms with van der Waals surface area (Å²) in [6.45, 7) is 4.70. The van der Waals surface area contributed by atoms with Gasteiger partial charge in [0.1, 0.15) is 0 Å². The van der Waals surface area contributed by atoms with Crippen LogP contribution in [0.25, 0.3) is 0 Å². The summed E-state index contributed by atoms with van der Waals surface area (Å²) in [7, 11) is 3.03. The molecule has 0 aromatic rings. The Morgan fingerprint density at radius 2 is 2.09 bits per heavy atom. The molecule has 1 atom stereocenters. The van der Waals surface area contributed by atoms with Gasteiger partial charge in [0.2, 0.25) is 5.91 Å². The highest BCUT2D eigenvalue weighted by atomic mass is 16.5. The average molecular weight is 325 g/mol. The van der Waals surface area contributed by atoms with Gasteiger partial charge in [-0.05, 0) is 31.3 Å². The maximum atomic E-state index is 12.4. The van der Waals surface area contributed by atoms with E-state index < -0.39 is 0 Å². The van der Waals surface area contributed by atoms with Crippen LogP contribution in [0.4, 0.5) is 0 Å². The van der Waals surface area contributed by atoms with Crippen molar-refractivity contribution in [2.24, 2.45) is 5.92 Å². The molecule has 1 aliphatic rings. The topological polar surface area (TPSA) is 64.6 Å². The van der Waals surface area contributed by atoms with Gasteiger partial charge in [0.25, 0.3) is 0 Å². The molecule has 0 aromatic carbocycles. The maximum absolute atomic E-state index is 12.4. The Bertz CT molecular complexity index is 477. The van der Waals surface area contributed by atoms with Crippen LogP contribution >= 0.6 is 0 Å². The molecule has 0 saturated carbocycles. The van der Waals surface area contributed by atoms with Gasteiger partial charge in [0.15, 0.2) is 0 Å². The molecule has 1 aliphatic carbocycles. The minimum atomic E-state index is -0.379. The lowest BCUT2D eigenvalue weighted by Gasteiger charge is -2.17.